The van der Waals surface area contributed by atoms with Crippen LogP contribution in [0.15, 0.2) is 27.8 Å². The number of fused-ring (bicyclic) bond motifs is 3. The SMILES string of the molecule is Cn1c(=O)c2c(nc3n2CCN3Cc2ccc(Cl)c(Cl)c2)n(C)c1=O. The molecule has 0 N–H and O–H groups in total. The molecule has 0 unspecified atom stereocenters. The summed E-state index contributed by atoms with van der Waals surface area (Å²) >= 11 is 12.1. The Hall–Kier alpha value is -2.25. The van der Waals surface area contributed by atoms with Gasteiger partial charge in [-0.2, -0.15) is 4.98 Å². The molecule has 7 nitrogen and oxygen atoms in total. The van der Waals surface area contributed by atoms with Gasteiger partial charge in [-0.05, 0) is 17.7 Å². The number of hydrogen-bond donors (Lipinski definition) is 0. The lowest BCUT2D eigenvalue weighted by atomic mass is 10.2. The van der Waals surface area contributed by atoms with Crippen LogP contribution in [0.1, 0.15) is 5.56 Å². The summed E-state index contributed by atoms with van der Waals surface area (Å²) in [6, 6.07) is 5.50. The van der Waals surface area contributed by atoms with Crippen LogP contribution in [0, 0.1) is 0 Å². The Kier molecular flexibility index (Phi) is 3.66. The molecular weight excluding hydrogens is 365 g/mol. The number of halogens is 2. The van der Waals surface area contributed by atoms with Gasteiger partial charge in [0.1, 0.15) is 0 Å². The summed E-state index contributed by atoms with van der Waals surface area (Å²) in [5.41, 5.74) is 1.15. The maximum atomic E-state index is 12.5. The highest BCUT2D eigenvalue weighted by Gasteiger charge is 2.27. The van der Waals surface area contributed by atoms with Gasteiger partial charge in [0.05, 0.1) is 10.0 Å². The van der Waals surface area contributed by atoms with E-state index in [1.54, 1.807) is 13.1 Å². The number of imidazole rings is 1. The molecule has 3 aromatic rings. The van der Waals surface area contributed by atoms with Crippen molar-refractivity contribution in [3.05, 3.63) is 54.6 Å². The minimum absolute atomic E-state index is 0.326. The van der Waals surface area contributed by atoms with Crippen LogP contribution in [0.5, 0.6) is 0 Å². The Morgan fingerprint density at radius 2 is 1.84 bits per heavy atom. The lowest BCUT2D eigenvalue weighted by Crippen LogP contribution is -2.37. The third-order valence-electron chi connectivity index (χ3n) is 4.56. The zero-order valence-corrected chi connectivity index (χ0v) is 15.2. The molecule has 0 amide bonds. The first kappa shape index (κ1) is 16.2. The minimum atomic E-state index is -0.384. The first-order valence-electron chi connectivity index (χ1n) is 7.73. The molecule has 130 valence electrons. The molecule has 3 heterocycles. The van der Waals surface area contributed by atoms with Crippen LogP contribution in [0.2, 0.25) is 10.0 Å². The fourth-order valence-corrected chi connectivity index (χ4v) is 3.54. The van der Waals surface area contributed by atoms with Crippen LogP contribution < -0.4 is 16.1 Å². The molecule has 0 aliphatic carbocycles. The Labute approximate surface area is 152 Å². The Morgan fingerprint density at radius 3 is 2.56 bits per heavy atom. The number of hydrogen-bond acceptors (Lipinski definition) is 4. The summed E-state index contributed by atoms with van der Waals surface area (Å²) in [4.78, 5) is 31.2. The third-order valence-corrected chi connectivity index (χ3v) is 5.30. The normalized spacial score (nSPS) is 13.7. The van der Waals surface area contributed by atoms with E-state index in [-0.39, 0.29) is 11.2 Å². The summed E-state index contributed by atoms with van der Waals surface area (Å²) in [5.74, 6) is 0.680. The molecule has 9 heteroatoms. The van der Waals surface area contributed by atoms with Gasteiger partial charge in [0.25, 0.3) is 5.56 Å². The molecule has 4 rings (SSSR count). The zero-order valence-electron chi connectivity index (χ0n) is 13.7. The smallest absolute Gasteiger partial charge is 0.332 e. The maximum absolute atomic E-state index is 12.5. The quantitative estimate of drug-likeness (QED) is 0.680. The molecule has 0 saturated heterocycles. The van der Waals surface area contributed by atoms with E-state index in [1.165, 1.54) is 11.6 Å². The van der Waals surface area contributed by atoms with Crippen molar-refractivity contribution in [2.45, 2.75) is 13.1 Å². The lowest BCUT2D eigenvalue weighted by Gasteiger charge is -2.16. The van der Waals surface area contributed by atoms with Crippen molar-refractivity contribution in [3.8, 4) is 0 Å². The van der Waals surface area contributed by atoms with E-state index < -0.39 is 0 Å². The van der Waals surface area contributed by atoms with Gasteiger partial charge in [0.2, 0.25) is 5.95 Å². The van der Waals surface area contributed by atoms with Gasteiger partial charge < -0.3 is 9.47 Å². The highest BCUT2D eigenvalue weighted by atomic mass is 35.5. The molecule has 0 bridgehead atoms. The number of benzene rings is 1. The van der Waals surface area contributed by atoms with Gasteiger partial charge in [-0.15, -0.1) is 0 Å². The second kappa shape index (κ2) is 5.64. The number of aryl methyl sites for hydroxylation is 1. The number of aromatic nitrogens is 4. The van der Waals surface area contributed by atoms with Crippen molar-refractivity contribution >= 4 is 40.3 Å². The van der Waals surface area contributed by atoms with E-state index >= 15 is 0 Å². The van der Waals surface area contributed by atoms with Crippen LogP contribution in [0.25, 0.3) is 11.2 Å². The predicted molar refractivity (Wildman–Crippen MR) is 97.7 cm³/mol. The molecule has 1 aromatic carbocycles. The van der Waals surface area contributed by atoms with Gasteiger partial charge in [-0.1, -0.05) is 29.3 Å². The second-order valence-corrected chi connectivity index (χ2v) is 6.93. The highest BCUT2D eigenvalue weighted by molar-refractivity contribution is 6.42. The van der Waals surface area contributed by atoms with Crippen molar-refractivity contribution in [1.29, 1.82) is 0 Å². The largest absolute Gasteiger partial charge is 0.336 e. The van der Waals surface area contributed by atoms with E-state index in [0.717, 1.165) is 16.7 Å². The summed E-state index contributed by atoms with van der Waals surface area (Å²) in [6.07, 6.45) is 0. The molecule has 0 saturated carbocycles. The van der Waals surface area contributed by atoms with Crippen LogP contribution in [-0.4, -0.2) is 25.2 Å². The predicted octanol–water partition coefficient (Wildman–Crippen LogP) is 1.76. The third kappa shape index (κ3) is 2.38. The van der Waals surface area contributed by atoms with E-state index in [0.29, 0.717) is 40.2 Å². The zero-order chi connectivity index (χ0) is 17.9. The average molecular weight is 380 g/mol. The molecule has 25 heavy (non-hydrogen) atoms. The van der Waals surface area contributed by atoms with Gasteiger partial charge in [-0.3, -0.25) is 13.9 Å². The van der Waals surface area contributed by atoms with Crippen LogP contribution in [0.4, 0.5) is 5.95 Å². The summed E-state index contributed by atoms with van der Waals surface area (Å²) in [5, 5.41) is 1.01. The van der Waals surface area contributed by atoms with Gasteiger partial charge >= 0.3 is 5.69 Å². The topological polar surface area (TPSA) is 65.1 Å². The molecule has 0 fully saturated rings. The first-order valence-corrected chi connectivity index (χ1v) is 8.49. The standard InChI is InChI=1S/C16H15Cl2N5O2/c1-20-13-12(14(24)21(2)16(20)25)23-6-5-22(15(23)19-13)8-9-3-4-10(17)11(18)7-9/h3-4,7H,5-6,8H2,1-2H3. The minimum Gasteiger partial charge on any atom is -0.336 e. The summed E-state index contributed by atoms with van der Waals surface area (Å²) in [6.45, 7) is 1.96. The molecule has 0 atom stereocenters. The molecule has 0 radical (unpaired) electrons. The maximum Gasteiger partial charge on any atom is 0.332 e. The molecule has 1 aliphatic rings. The van der Waals surface area contributed by atoms with Crippen LogP contribution in [0.3, 0.4) is 0 Å². The summed E-state index contributed by atoms with van der Waals surface area (Å²) < 4.78 is 4.38. The molecular formula is C16H15Cl2N5O2. The van der Waals surface area contributed by atoms with E-state index in [4.69, 9.17) is 23.2 Å². The Bertz CT molecular complexity index is 1130. The fraction of sp³-hybridized carbons (Fsp3) is 0.312. The first-order chi connectivity index (χ1) is 11.9. The lowest BCUT2D eigenvalue weighted by molar-refractivity contribution is 0.698. The molecule has 1 aliphatic heterocycles. The van der Waals surface area contributed by atoms with Gasteiger partial charge in [-0.25, -0.2) is 4.79 Å². The Balaban J connectivity index is 1.82. The summed E-state index contributed by atoms with van der Waals surface area (Å²) in [7, 11) is 3.10. The van der Waals surface area contributed by atoms with Crippen molar-refractivity contribution in [1.82, 2.24) is 18.7 Å². The average Bonchev–Trinajstić information content (AvgIpc) is 3.14. The number of rotatable bonds is 2. The second-order valence-electron chi connectivity index (χ2n) is 6.11. The number of anilines is 1. The van der Waals surface area contributed by atoms with Gasteiger partial charge in [0, 0.05) is 33.7 Å². The van der Waals surface area contributed by atoms with E-state index in [9.17, 15) is 9.59 Å². The molecule has 2 aromatic heterocycles. The monoisotopic (exact) mass is 379 g/mol. The fourth-order valence-electron chi connectivity index (χ4n) is 3.22. The van der Waals surface area contributed by atoms with Crippen molar-refractivity contribution in [2.75, 3.05) is 11.4 Å². The van der Waals surface area contributed by atoms with Gasteiger partial charge in [0.15, 0.2) is 11.2 Å². The Morgan fingerprint density at radius 1 is 1.08 bits per heavy atom. The van der Waals surface area contributed by atoms with E-state index in [2.05, 4.69) is 9.88 Å². The van der Waals surface area contributed by atoms with Crippen molar-refractivity contribution in [2.24, 2.45) is 14.1 Å². The molecule has 0 spiro atoms. The number of nitrogens with zero attached hydrogens (tertiary/aromatic N) is 5. The highest BCUT2D eigenvalue weighted by Crippen LogP contribution is 2.28. The van der Waals surface area contributed by atoms with Crippen molar-refractivity contribution in [3.63, 3.8) is 0 Å². The van der Waals surface area contributed by atoms with E-state index in [1.807, 2.05) is 16.7 Å². The van der Waals surface area contributed by atoms with Crippen LogP contribution in [-0.2, 0) is 27.2 Å². The van der Waals surface area contributed by atoms with Crippen molar-refractivity contribution < 1.29 is 0 Å². The van der Waals surface area contributed by atoms with Crippen LogP contribution >= 0.6 is 23.2 Å².